The van der Waals surface area contributed by atoms with Crippen molar-refractivity contribution >= 4 is 21.8 Å². The normalized spacial score (nSPS) is 11.7. The quantitative estimate of drug-likeness (QED) is 0.866. The Labute approximate surface area is 115 Å². The molecule has 102 valence electrons. The maximum absolute atomic E-state index is 11.1. The molecule has 0 radical (unpaired) electrons. The van der Waals surface area contributed by atoms with Gasteiger partial charge in [0.15, 0.2) is 5.16 Å². The van der Waals surface area contributed by atoms with Crippen LogP contribution in [-0.4, -0.2) is 23.1 Å². The molecule has 0 atom stereocenters. The molecule has 6 nitrogen and oxygen atoms in total. The first-order chi connectivity index (χ1) is 8.91. The number of nitrogens with zero attached hydrogens (tertiary/aromatic N) is 2. The fourth-order valence-electron chi connectivity index (χ4n) is 1.47. The number of nitrogens with two attached hydrogens (primary N) is 1. The second kappa shape index (κ2) is 5.33. The van der Waals surface area contributed by atoms with Crippen LogP contribution < -0.4 is 5.14 Å². The first kappa shape index (κ1) is 14.1. The third-order valence-electron chi connectivity index (χ3n) is 2.57. The summed E-state index contributed by atoms with van der Waals surface area (Å²) in [5.41, 5.74) is 0.712. The first-order valence-electron chi connectivity index (χ1n) is 5.34. The van der Waals surface area contributed by atoms with E-state index in [1.807, 2.05) is 0 Å². The Morgan fingerprint density at radius 1 is 1.37 bits per heavy atom. The molecule has 3 N–H and O–H groups in total. The predicted molar refractivity (Wildman–Crippen MR) is 71.1 cm³/mol. The zero-order chi connectivity index (χ0) is 14.0. The Kier molecular flexibility index (Phi) is 3.95. The Balaban J connectivity index is 2.22. The van der Waals surface area contributed by atoms with E-state index in [2.05, 4.69) is 4.98 Å². The van der Waals surface area contributed by atoms with Gasteiger partial charge in [-0.15, -0.1) is 0 Å². The Hall–Kier alpha value is -1.35. The summed E-state index contributed by atoms with van der Waals surface area (Å²) >= 11 is 1.37. The van der Waals surface area contributed by atoms with Crippen LogP contribution in [-0.2, 0) is 23.7 Å². The fraction of sp³-hybridized carbons (Fsp3) is 0.182. The molecule has 0 aliphatic carbocycles. The smallest absolute Gasteiger partial charge is 0.238 e. The molecule has 2 aromatic rings. The van der Waals surface area contributed by atoms with E-state index in [0.717, 1.165) is 4.90 Å². The van der Waals surface area contributed by atoms with Gasteiger partial charge in [0.1, 0.15) is 0 Å². The number of aromatic nitrogens is 2. The lowest BCUT2D eigenvalue weighted by Crippen LogP contribution is -2.11. The molecule has 1 heterocycles. The van der Waals surface area contributed by atoms with Crippen molar-refractivity contribution in [2.75, 3.05) is 0 Å². The number of primary sulfonamides is 1. The third kappa shape index (κ3) is 3.16. The molecule has 0 fully saturated rings. The molecule has 0 aliphatic heterocycles. The van der Waals surface area contributed by atoms with Crippen molar-refractivity contribution in [3.8, 4) is 0 Å². The summed E-state index contributed by atoms with van der Waals surface area (Å²) in [5.74, 6) is 0. The zero-order valence-corrected chi connectivity index (χ0v) is 11.8. The largest absolute Gasteiger partial charge is 0.390 e. The molecule has 1 aromatic heterocycles. The van der Waals surface area contributed by atoms with Crippen LogP contribution in [0.25, 0.3) is 0 Å². The Morgan fingerprint density at radius 2 is 2.00 bits per heavy atom. The van der Waals surface area contributed by atoms with Crippen molar-refractivity contribution in [1.82, 2.24) is 9.55 Å². The Bertz CT molecular complexity index is 678. The van der Waals surface area contributed by atoms with Crippen LogP contribution in [0.15, 0.2) is 45.4 Å². The molecule has 0 aliphatic rings. The lowest BCUT2D eigenvalue weighted by atomic mass is 10.4. The van der Waals surface area contributed by atoms with Crippen LogP contribution in [0.1, 0.15) is 5.69 Å². The maximum atomic E-state index is 11.1. The second-order valence-corrected chi connectivity index (χ2v) is 6.47. The number of aliphatic hydroxyl groups excluding tert-OH is 1. The van der Waals surface area contributed by atoms with E-state index in [0.29, 0.717) is 10.9 Å². The van der Waals surface area contributed by atoms with Gasteiger partial charge in [-0.1, -0.05) is 11.8 Å². The molecule has 0 spiro atoms. The van der Waals surface area contributed by atoms with Gasteiger partial charge < -0.3 is 9.67 Å². The van der Waals surface area contributed by atoms with E-state index in [1.165, 1.54) is 23.9 Å². The van der Waals surface area contributed by atoms with E-state index >= 15 is 0 Å². The average Bonchev–Trinajstić information content (AvgIpc) is 2.70. The van der Waals surface area contributed by atoms with Crippen molar-refractivity contribution in [3.05, 3.63) is 36.2 Å². The number of hydrogen-bond donors (Lipinski definition) is 2. The van der Waals surface area contributed by atoms with Crippen molar-refractivity contribution in [3.63, 3.8) is 0 Å². The van der Waals surface area contributed by atoms with Crippen molar-refractivity contribution in [1.29, 1.82) is 0 Å². The molecule has 0 unspecified atom stereocenters. The maximum Gasteiger partial charge on any atom is 0.238 e. The molecule has 1 aromatic carbocycles. The first-order valence-corrected chi connectivity index (χ1v) is 7.70. The van der Waals surface area contributed by atoms with Crippen molar-refractivity contribution < 1.29 is 13.5 Å². The van der Waals surface area contributed by atoms with E-state index < -0.39 is 10.0 Å². The van der Waals surface area contributed by atoms with Gasteiger partial charge in [-0.25, -0.2) is 18.5 Å². The predicted octanol–water partition coefficient (Wildman–Crippen LogP) is 0.711. The van der Waals surface area contributed by atoms with Gasteiger partial charge in [0.2, 0.25) is 10.0 Å². The SMILES string of the molecule is Cn1c(CO)cnc1Sc1ccc(S(N)(=O)=O)cc1. The van der Waals surface area contributed by atoms with Crippen LogP contribution >= 0.6 is 11.8 Å². The monoisotopic (exact) mass is 299 g/mol. The van der Waals surface area contributed by atoms with Gasteiger partial charge in [0, 0.05) is 11.9 Å². The number of imidazole rings is 1. The summed E-state index contributed by atoms with van der Waals surface area (Å²) in [5, 5.41) is 14.8. The minimum Gasteiger partial charge on any atom is -0.390 e. The number of hydrogen-bond acceptors (Lipinski definition) is 5. The van der Waals surface area contributed by atoms with Crippen LogP contribution in [0.3, 0.4) is 0 Å². The fourth-order valence-corrected chi connectivity index (χ4v) is 2.83. The van der Waals surface area contributed by atoms with Gasteiger partial charge in [-0.3, -0.25) is 0 Å². The average molecular weight is 299 g/mol. The molecule has 0 amide bonds. The summed E-state index contributed by atoms with van der Waals surface area (Å²) in [4.78, 5) is 5.09. The molecule has 2 rings (SSSR count). The molecule has 0 saturated carbocycles. The second-order valence-electron chi connectivity index (χ2n) is 3.87. The summed E-state index contributed by atoms with van der Waals surface area (Å²) in [6, 6.07) is 6.23. The molecule has 0 bridgehead atoms. The molecule has 8 heteroatoms. The lowest BCUT2D eigenvalue weighted by molar-refractivity contribution is 0.271. The highest BCUT2D eigenvalue weighted by Crippen LogP contribution is 2.27. The number of rotatable bonds is 4. The van der Waals surface area contributed by atoms with Crippen LogP contribution in [0.2, 0.25) is 0 Å². The minimum atomic E-state index is -3.66. The highest BCUT2D eigenvalue weighted by molar-refractivity contribution is 7.99. The number of benzene rings is 1. The summed E-state index contributed by atoms with van der Waals surface area (Å²) in [7, 11) is -1.86. The van der Waals surface area contributed by atoms with Gasteiger partial charge in [0.25, 0.3) is 0 Å². The van der Waals surface area contributed by atoms with Crippen LogP contribution in [0.4, 0.5) is 0 Å². The molecule has 19 heavy (non-hydrogen) atoms. The Morgan fingerprint density at radius 3 is 2.47 bits per heavy atom. The lowest BCUT2D eigenvalue weighted by Gasteiger charge is -2.04. The summed E-state index contributed by atoms with van der Waals surface area (Å²) < 4.78 is 24.0. The van der Waals surface area contributed by atoms with E-state index in [4.69, 9.17) is 10.2 Å². The highest BCUT2D eigenvalue weighted by Gasteiger charge is 2.10. The van der Waals surface area contributed by atoms with Crippen LogP contribution in [0, 0.1) is 0 Å². The zero-order valence-electron chi connectivity index (χ0n) is 10.1. The number of aliphatic hydroxyl groups is 1. The minimum absolute atomic E-state index is 0.0750. The van der Waals surface area contributed by atoms with Gasteiger partial charge >= 0.3 is 0 Å². The van der Waals surface area contributed by atoms with Gasteiger partial charge in [-0.2, -0.15) is 0 Å². The highest BCUT2D eigenvalue weighted by atomic mass is 32.2. The van der Waals surface area contributed by atoms with Crippen LogP contribution in [0.5, 0.6) is 0 Å². The number of sulfonamides is 1. The van der Waals surface area contributed by atoms with Gasteiger partial charge in [-0.05, 0) is 24.3 Å². The third-order valence-corrected chi connectivity index (χ3v) is 4.56. The molecular weight excluding hydrogens is 286 g/mol. The van der Waals surface area contributed by atoms with E-state index in [1.54, 1.807) is 29.9 Å². The van der Waals surface area contributed by atoms with Crippen molar-refractivity contribution in [2.24, 2.45) is 12.2 Å². The summed E-state index contributed by atoms with van der Waals surface area (Å²) in [6.45, 7) is -0.0750. The standard InChI is InChI=1S/C11H13N3O3S2/c1-14-8(7-15)6-13-11(14)18-9-2-4-10(5-3-9)19(12,16)17/h2-6,15H,7H2,1H3,(H2,12,16,17). The molecular formula is C11H13N3O3S2. The topological polar surface area (TPSA) is 98.2 Å². The van der Waals surface area contributed by atoms with Gasteiger partial charge in [0.05, 0.1) is 23.4 Å². The van der Waals surface area contributed by atoms with E-state index in [-0.39, 0.29) is 11.5 Å². The van der Waals surface area contributed by atoms with E-state index in [9.17, 15) is 8.42 Å². The summed E-state index contributed by atoms with van der Waals surface area (Å²) in [6.07, 6.45) is 1.60. The molecule has 0 saturated heterocycles. The van der Waals surface area contributed by atoms with Crippen molar-refractivity contribution in [2.45, 2.75) is 21.6 Å².